The number of nitrogens with zero attached hydrogens (tertiary/aromatic N) is 2. The predicted molar refractivity (Wildman–Crippen MR) is 80.5 cm³/mol. The van der Waals surface area contributed by atoms with E-state index in [9.17, 15) is 0 Å². The molecule has 2 rings (SSSR count). The third-order valence-corrected chi connectivity index (χ3v) is 3.97. The number of pyridine rings is 1. The van der Waals surface area contributed by atoms with E-state index < -0.39 is 0 Å². The Morgan fingerprint density at radius 3 is 2.67 bits per heavy atom. The van der Waals surface area contributed by atoms with Crippen molar-refractivity contribution in [3.05, 3.63) is 35.4 Å². The van der Waals surface area contributed by atoms with Gasteiger partial charge in [0.2, 0.25) is 0 Å². The molecule has 0 radical (unpaired) electrons. The molecular formula is C15H20N2S. The zero-order valence-electron chi connectivity index (χ0n) is 11.5. The fourth-order valence-corrected chi connectivity index (χ4v) is 2.94. The standard InChI is InChI=1S/C15H20N2S/c1-11-5-6-13-10-12(2)15(16-14(13)9-11)18-8-7-17(3)4/h5-6,9-10H,7-8H2,1-4H3. The Bertz CT molecular complexity index is 549. The molecule has 0 bridgehead atoms. The van der Waals surface area contributed by atoms with Crippen molar-refractivity contribution >= 4 is 22.7 Å². The molecule has 1 heterocycles. The van der Waals surface area contributed by atoms with E-state index in [0.717, 1.165) is 22.8 Å². The highest BCUT2D eigenvalue weighted by Crippen LogP contribution is 2.24. The predicted octanol–water partition coefficient (Wildman–Crippen LogP) is 3.51. The van der Waals surface area contributed by atoms with Crippen LogP contribution in [0.15, 0.2) is 29.3 Å². The van der Waals surface area contributed by atoms with Gasteiger partial charge in [0.15, 0.2) is 0 Å². The summed E-state index contributed by atoms with van der Waals surface area (Å²) < 4.78 is 0. The van der Waals surface area contributed by atoms with E-state index in [0.29, 0.717) is 0 Å². The van der Waals surface area contributed by atoms with Gasteiger partial charge in [-0.2, -0.15) is 0 Å². The monoisotopic (exact) mass is 260 g/mol. The van der Waals surface area contributed by atoms with Crippen molar-refractivity contribution in [2.45, 2.75) is 18.9 Å². The van der Waals surface area contributed by atoms with Gasteiger partial charge in [0.1, 0.15) is 0 Å². The number of aromatic nitrogens is 1. The Balaban J connectivity index is 2.24. The lowest BCUT2D eigenvalue weighted by atomic mass is 10.1. The van der Waals surface area contributed by atoms with Crippen LogP contribution in [0.3, 0.4) is 0 Å². The van der Waals surface area contributed by atoms with E-state index in [1.807, 2.05) is 11.8 Å². The molecule has 0 aliphatic carbocycles. The van der Waals surface area contributed by atoms with Gasteiger partial charge < -0.3 is 4.90 Å². The molecule has 0 unspecified atom stereocenters. The molecule has 18 heavy (non-hydrogen) atoms. The molecule has 1 aromatic carbocycles. The fraction of sp³-hybridized carbons (Fsp3) is 0.400. The van der Waals surface area contributed by atoms with Gasteiger partial charge in [-0.05, 0) is 51.2 Å². The lowest BCUT2D eigenvalue weighted by Gasteiger charge is -2.10. The number of hydrogen-bond acceptors (Lipinski definition) is 3. The summed E-state index contributed by atoms with van der Waals surface area (Å²) in [5.41, 5.74) is 3.64. The molecule has 0 amide bonds. The van der Waals surface area contributed by atoms with Crippen LogP contribution in [0.2, 0.25) is 0 Å². The van der Waals surface area contributed by atoms with Crippen molar-refractivity contribution in [1.82, 2.24) is 9.88 Å². The molecule has 1 aromatic heterocycles. The lowest BCUT2D eigenvalue weighted by Crippen LogP contribution is -2.14. The van der Waals surface area contributed by atoms with Crippen LogP contribution in [-0.2, 0) is 0 Å². The van der Waals surface area contributed by atoms with Crippen LogP contribution < -0.4 is 0 Å². The van der Waals surface area contributed by atoms with Crippen LogP contribution in [0.5, 0.6) is 0 Å². The van der Waals surface area contributed by atoms with Gasteiger partial charge in [-0.15, -0.1) is 11.8 Å². The molecule has 0 saturated carbocycles. The van der Waals surface area contributed by atoms with Crippen molar-refractivity contribution in [2.75, 3.05) is 26.4 Å². The van der Waals surface area contributed by atoms with Gasteiger partial charge in [-0.3, -0.25) is 0 Å². The summed E-state index contributed by atoms with van der Waals surface area (Å²) in [6.07, 6.45) is 0. The highest BCUT2D eigenvalue weighted by Gasteiger charge is 2.04. The topological polar surface area (TPSA) is 16.1 Å². The first kappa shape index (κ1) is 13.4. The van der Waals surface area contributed by atoms with Crippen LogP contribution in [0.4, 0.5) is 0 Å². The van der Waals surface area contributed by atoms with E-state index in [-0.39, 0.29) is 0 Å². The second kappa shape index (κ2) is 5.72. The maximum Gasteiger partial charge on any atom is 0.0997 e. The Hall–Kier alpha value is -1.06. The second-order valence-corrected chi connectivity index (χ2v) is 6.04. The Kier molecular flexibility index (Phi) is 4.25. The van der Waals surface area contributed by atoms with E-state index in [1.54, 1.807) is 0 Å². The van der Waals surface area contributed by atoms with Crippen LogP contribution in [0, 0.1) is 13.8 Å². The third kappa shape index (κ3) is 3.24. The van der Waals surface area contributed by atoms with E-state index >= 15 is 0 Å². The van der Waals surface area contributed by atoms with Crippen molar-refractivity contribution in [1.29, 1.82) is 0 Å². The van der Waals surface area contributed by atoms with Gasteiger partial charge in [0, 0.05) is 17.7 Å². The average molecular weight is 260 g/mol. The summed E-state index contributed by atoms with van der Waals surface area (Å²) in [6, 6.07) is 8.69. The van der Waals surface area contributed by atoms with E-state index in [4.69, 9.17) is 4.98 Å². The molecule has 0 atom stereocenters. The van der Waals surface area contributed by atoms with E-state index in [1.165, 1.54) is 16.5 Å². The first-order valence-corrected chi connectivity index (χ1v) is 7.20. The van der Waals surface area contributed by atoms with Crippen LogP contribution in [-0.4, -0.2) is 36.3 Å². The minimum absolute atomic E-state index is 1.08. The van der Waals surface area contributed by atoms with Crippen LogP contribution in [0.1, 0.15) is 11.1 Å². The molecule has 0 spiro atoms. The Labute approximate surface area is 113 Å². The largest absolute Gasteiger partial charge is 0.309 e. The fourth-order valence-electron chi connectivity index (χ4n) is 1.84. The molecule has 0 saturated heterocycles. The third-order valence-electron chi connectivity index (χ3n) is 2.89. The SMILES string of the molecule is Cc1ccc2cc(C)c(SCCN(C)C)nc2c1. The number of hydrogen-bond donors (Lipinski definition) is 0. The van der Waals surface area contributed by atoms with Crippen molar-refractivity contribution in [3.63, 3.8) is 0 Å². The van der Waals surface area contributed by atoms with Gasteiger partial charge in [0.25, 0.3) is 0 Å². The molecule has 0 fully saturated rings. The summed E-state index contributed by atoms with van der Waals surface area (Å²) in [7, 11) is 4.20. The first-order chi connectivity index (χ1) is 8.56. The minimum atomic E-state index is 1.08. The zero-order valence-corrected chi connectivity index (χ0v) is 12.3. The number of benzene rings is 1. The summed E-state index contributed by atoms with van der Waals surface area (Å²) in [5.74, 6) is 1.08. The van der Waals surface area contributed by atoms with Gasteiger partial charge in [0.05, 0.1) is 10.5 Å². The summed E-state index contributed by atoms with van der Waals surface area (Å²) in [4.78, 5) is 6.98. The minimum Gasteiger partial charge on any atom is -0.309 e. The summed E-state index contributed by atoms with van der Waals surface area (Å²) in [5, 5.41) is 2.39. The van der Waals surface area contributed by atoms with Gasteiger partial charge in [-0.1, -0.05) is 12.1 Å². The first-order valence-electron chi connectivity index (χ1n) is 6.22. The smallest absolute Gasteiger partial charge is 0.0997 e. The summed E-state index contributed by atoms with van der Waals surface area (Å²) in [6.45, 7) is 5.34. The van der Waals surface area contributed by atoms with Crippen LogP contribution in [0.25, 0.3) is 10.9 Å². The number of rotatable bonds is 4. The Morgan fingerprint density at radius 1 is 1.17 bits per heavy atom. The number of fused-ring (bicyclic) bond motifs is 1. The van der Waals surface area contributed by atoms with Gasteiger partial charge >= 0.3 is 0 Å². The molecular weight excluding hydrogens is 240 g/mol. The quantitative estimate of drug-likeness (QED) is 0.783. The van der Waals surface area contributed by atoms with Crippen molar-refractivity contribution in [3.8, 4) is 0 Å². The molecule has 0 aliphatic heterocycles. The van der Waals surface area contributed by atoms with Crippen molar-refractivity contribution in [2.24, 2.45) is 0 Å². The second-order valence-electron chi connectivity index (χ2n) is 4.96. The highest BCUT2D eigenvalue weighted by atomic mass is 32.2. The molecule has 2 aromatic rings. The molecule has 3 heteroatoms. The highest BCUT2D eigenvalue weighted by molar-refractivity contribution is 7.99. The summed E-state index contributed by atoms with van der Waals surface area (Å²) >= 11 is 1.84. The number of thioether (sulfide) groups is 1. The average Bonchev–Trinajstić information content (AvgIpc) is 2.30. The maximum absolute atomic E-state index is 4.78. The number of aryl methyl sites for hydroxylation is 2. The maximum atomic E-state index is 4.78. The molecule has 2 nitrogen and oxygen atoms in total. The Morgan fingerprint density at radius 2 is 1.94 bits per heavy atom. The van der Waals surface area contributed by atoms with Crippen LogP contribution >= 0.6 is 11.8 Å². The van der Waals surface area contributed by atoms with E-state index in [2.05, 4.69) is 57.1 Å². The molecule has 0 N–H and O–H groups in total. The lowest BCUT2D eigenvalue weighted by molar-refractivity contribution is 0.437. The zero-order chi connectivity index (χ0) is 13.1. The van der Waals surface area contributed by atoms with Crippen molar-refractivity contribution < 1.29 is 0 Å². The van der Waals surface area contributed by atoms with Gasteiger partial charge in [-0.25, -0.2) is 4.98 Å². The molecule has 0 aliphatic rings. The normalized spacial score (nSPS) is 11.4. The molecule has 96 valence electrons.